The lowest BCUT2D eigenvalue weighted by molar-refractivity contribution is -0.389. The maximum Gasteiger partial charge on any atom is 0.408 e. The number of aromatic nitrogens is 2. The Kier molecular flexibility index (Phi) is 5.51. The molecule has 0 atom stereocenters. The van der Waals surface area contributed by atoms with Gasteiger partial charge in [0, 0.05) is 11.3 Å². The van der Waals surface area contributed by atoms with E-state index in [1.165, 1.54) is 4.68 Å². The monoisotopic (exact) mass is 342 g/mol. The maximum absolute atomic E-state index is 11.7. The third-order valence-electron chi connectivity index (χ3n) is 3.10. The Morgan fingerprint density at radius 3 is 2.95 bits per heavy atom. The first kappa shape index (κ1) is 16.4. The fourth-order valence-electron chi connectivity index (χ4n) is 1.92. The van der Waals surface area contributed by atoms with E-state index < -0.39 is 4.92 Å². The number of thiophene rings is 1. The van der Waals surface area contributed by atoms with Gasteiger partial charge in [-0.15, -0.1) is 11.3 Å². The van der Waals surface area contributed by atoms with Crippen molar-refractivity contribution in [1.82, 2.24) is 15.1 Å². The summed E-state index contributed by atoms with van der Waals surface area (Å²) in [7, 11) is 0. The van der Waals surface area contributed by atoms with E-state index in [2.05, 4.69) is 10.4 Å². The number of hydrogen-bond donors (Lipinski definition) is 1. The van der Waals surface area contributed by atoms with E-state index in [0.29, 0.717) is 31.6 Å². The second-order valence-electron chi connectivity index (χ2n) is 4.66. The summed E-state index contributed by atoms with van der Waals surface area (Å²) in [6.07, 6.45) is 0.863. The van der Waals surface area contributed by atoms with Gasteiger partial charge in [-0.25, -0.2) is 0 Å². The number of nitro groups is 1. The minimum atomic E-state index is -0.612. The molecular formula is C13H15ClN4O3S. The van der Waals surface area contributed by atoms with Crippen molar-refractivity contribution in [2.75, 3.05) is 0 Å². The number of halogens is 1. The largest absolute Gasteiger partial charge is 0.408 e. The Labute approximate surface area is 136 Å². The average molecular weight is 343 g/mol. The lowest BCUT2D eigenvalue weighted by Crippen LogP contribution is -2.22. The zero-order valence-electron chi connectivity index (χ0n) is 11.9. The van der Waals surface area contributed by atoms with Crippen LogP contribution in [0.1, 0.15) is 23.4 Å². The normalized spacial score (nSPS) is 10.6. The summed E-state index contributed by atoms with van der Waals surface area (Å²) in [6, 6.07) is 3.89. The van der Waals surface area contributed by atoms with Crippen LogP contribution in [0.5, 0.6) is 0 Å². The summed E-state index contributed by atoms with van der Waals surface area (Å²) in [4.78, 5) is 23.0. The molecule has 2 heterocycles. The molecule has 0 saturated carbocycles. The van der Waals surface area contributed by atoms with Crippen molar-refractivity contribution in [2.24, 2.45) is 0 Å². The Morgan fingerprint density at radius 1 is 1.59 bits per heavy atom. The predicted molar refractivity (Wildman–Crippen MR) is 84.0 cm³/mol. The second kappa shape index (κ2) is 7.37. The first-order chi connectivity index (χ1) is 10.5. The summed E-state index contributed by atoms with van der Waals surface area (Å²) < 4.78 is 1.47. The van der Waals surface area contributed by atoms with Gasteiger partial charge in [-0.05, 0) is 29.7 Å². The van der Waals surface area contributed by atoms with Crippen LogP contribution in [0.2, 0.25) is 5.02 Å². The topological polar surface area (TPSA) is 90.1 Å². The van der Waals surface area contributed by atoms with Crippen LogP contribution >= 0.6 is 22.9 Å². The fourth-order valence-corrected chi connectivity index (χ4v) is 2.77. The standard InChI is InChI=1S/C13H15ClN4O3S/c1-9-12(14)13(18(20)21)16-17(9)6-2-5-11(19)15-8-10-4-3-7-22-10/h3-4,7H,2,5-6,8H2,1H3,(H,15,19). The molecule has 2 rings (SSSR count). The molecule has 9 heteroatoms. The predicted octanol–water partition coefficient (Wildman–Crippen LogP) is 2.91. The number of carbonyl (C=O) groups is 1. The van der Waals surface area contributed by atoms with E-state index in [0.717, 1.165) is 4.88 Å². The molecule has 0 aliphatic carbocycles. The Hall–Kier alpha value is -1.93. The lowest BCUT2D eigenvalue weighted by Gasteiger charge is -2.03. The lowest BCUT2D eigenvalue weighted by atomic mass is 10.3. The average Bonchev–Trinajstić information content (AvgIpc) is 3.08. The number of nitrogens with one attached hydrogen (secondary N) is 1. The van der Waals surface area contributed by atoms with Crippen LogP contribution < -0.4 is 5.32 Å². The second-order valence-corrected chi connectivity index (χ2v) is 6.07. The summed E-state index contributed by atoms with van der Waals surface area (Å²) in [6.45, 7) is 2.60. The number of carbonyl (C=O) groups excluding carboxylic acids is 1. The van der Waals surface area contributed by atoms with Gasteiger partial charge in [0.25, 0.3) is 0 Å². The molecule has 0 unspecified atom stereocenters. The van der Waals surface area contributed by atoms with Crippen molar-refractivity contribution >= 4 is 34.7 Å². The van der Waals surface area contributed by atoms with Crippen molar-refractivity contribution < 1.29 is 9.72 Å². The molecule has 0 aliphatic rings. The molecule has 0 aromatic carbocycles. The van der Waals surface area contributed by atoms with Gasteiger partial charge in [-0.1, -0.05) is 17.7 Å². The first-order valence-corrected chi connectivity index (χ1v) is 7.91. The fraction of sp³-hybridized carbons (Fsp3) is 0.385. The molecule has 22 heavy (non-hydrogen) atoms. The quantitative estimate of drug-likeness (QED) is 0.618. The molecule has 0 spiro atoms. The van der Waals surface area contributed by atoms with E-state index in [-0.39, 0.29) is 16.7 Å². The van der Waals surface area contributed by atoms with Gasteiger partial charge in [-0.2, -0.15) is 4.68 Å². The maximum atomic E-state index is 11.7. The highest BCUT2D eigenvalue weighted by Crippen LogP contribution is 2.26. The van der Waals surface area contributed by atoms with Crippen molar-refractivity contribution in [3.05, 3.63) is 43.2 Å². The Morgan fingerprint density at radius 2 is 2.36 bits per heavy atom. The van der Waals surface area contributed by atoms with Crippen molar-refractivity contribution in [3.8, 4) is 0 Å². The van der Waals surface area contributed by atoms with Gasteiger partial charge in [0.15, 0.2) is 5.02 Å². The van der Waals surface area contributed by atoms with Gasteiger partial charge >= 0.3 is 5.82 Å². The van der Waals surface area contributed by atoms with Crippen LogP contribution in [-0.2, 0) is 17.9 Å². The van der Waals surface area contributed by atoms with Crippen LogP contribution in [0.15, 0.2) is 17.5 Å². The van der Waals surface area contributed by atoms with E-state index in [1.54, 1.807) is 18.3 Å². The molecule has 118 valence electrons. The highest BCUT2D eigenvalue weighted by molar-refractivity contribution is 7.09. The van der Waals surface area contributed by atoms with Crippen LogP contribution in [0.3, 0.4) is 0 Å². The summed E-state index contributed by atoms with van der Waals surface area (Å²) in [5, 5.41) is 19.4. The molecule has 1 N–H and O–H groups in total. The SMILES string of the molecule is Cc1c(Cl)c([N+](=O)[O-])nn1CCCC(=O)NCc1cccs1. The van der Waals surface area contributed by atoms with E-state index >= 15 is 0 Å². The van der Waals surface area contributed by atoms with Gasteiger partial charge in [0.05, 0.1) is 23.9 Å². The molecule has 7 nitrogen and oxygen atoms in total. The summed E-state index contributed by atoms with van der Waals surface area (Å²) >= 11 is 7.44. The number of hydrogen-bond acceptors (Lipinski definition) is 5. The third-order valence-corrected chi connectivity index (χ3v) is 4.42. The summed E-state index contributed by atoms with van der Waals surface area (Å²) in [5.74, 6) is -0.403. The minimum absolute atomic E-state index is 0.0483. The van der Waals surface area contributed by atoms with Gasteiger partial charge < -0.3 is 15.4 Å². The number of rotatable bonds is 7. The molecular weight excluding hydrogens is 328 g/mol. The Bertz CT molecular complexity index is 669. The molecule has 0 saturated heterocycles. The first-order valence-electron chi connectivity index (χ1n) is 6.65. The van der Waals surface area contributed by atoms with Crippen LogP contribution in [-0.4, -0.2) is 20.6 Å². The number of amides is 1. The zero-order chi connectivity index (χ0) is 16.1. The minimum Gasteiger partial charge on any atom is -0.358 e. The molecule has 0 radical (unpaired) electrons. The third kappa shape index (κ3) is 4.05. The highest BCUT2D eigenvalue weighted by Gasteiger charge is 2.23. The Balaban J connectivity index is 1.80. The molecule has 0 aliphatic heterocycles. The van der Waals surface area contributed by atoms with Crippen molar-refractivity contribution in [2.45, 2.75) is 32.9 Å². The smallest absolute Gasteiger partial charge is 0.358 e. The molecule has 1 amide bonds. The number of aryl methyl sites for hydroxylation is 1. The van der Waals surface area contributed by atoms with Gasteiger partial charge in [-0.3, -0.25) is 4.79 Å². The number of nitrogens with zero attached hydrogens (tertiary/aromatic N) is 3. The highest BCUT2D eigenvalue weighted by atomic mass is 35.5. The van der Waals surface area contributed by atoms with Gasteiger partial charge in [0.1, 0.15) is 0 Å². The van der Waals surface area contributed by atoms with Crippen LogP contribution in [0, 0.1) is 17.0 Å². The van der Waals surface area contributed by atoms with Crippen molar-refractivity contribution in [3.63, 3.8) is 0 Å². The van der Waals surface area contributed by atoms with Gasteiger partial charge in [0.2, 0.25) is 5.91 Å². The molecule has 0 bridgehead atoms. The van der Waals surface area contributed by atoms with E-state index in [1.807, 2.05) is 17.5 Å². The van der Waals surface area contributed by atoms with Crippen LogP contribution in [0.25, 0.3) is 0 Å². The molecule has 0 fully saturated rings. The van der Waals surface area contributed by atoms with E-state index in [4.69, 9.17) is 11.6 Å². The zero-order valence-corrected chi connectivity index (χ0v) is 13.5. The van der Waals surface area contributed by atoms with Crippen molar-refractivity contribution in [1.29, 1.82) is 0 Å². The molecule has 2 aromatic heterocycles. The van der Waals surface area contributed by atoms with E-state index in [9.17, 15) is 14.9 Å². The summed E-state index contributed by atoms with van der Waals surface area (Å²) in [5.41, 5.74) is 0.535. The molecule has 2 aromatic rings. The van der Waals surface area contributed by atoms with Crippen LogP contribution in [0.4, 0.5) is 5.82 Å².